The number of aliphatic carboxylic acids is 2. The maximum Gasteiger partial charge on any atom is 0.352 e. The van der Waals surface area contributed by atoms with Crippen LogP contribution in [0.15, 0.2) is 40.7 Å². The lowest BCUT2D eigenvalue weighted by molar-refractivity contribution is -0.151. The molecule has 2 amide bonds. The average Bonchev–Trinajstić information content (AvgIpc) is 3.26. The van der Waals surface area contributed by atoms with E-state index in [9.17, 15) is 29.4 Å². The van der Waals surface area contributed by atoms with Crippen molar-refractivity contribution in [3.63, 3.8) is 0 Å². The summed E-state index contributed by atoms with van der Waals surface area (Å²) in [5.41, 5.74) is 6.68. The summed E-state index contributed by atoms with van der Waals surface area (Å²) >= 11 is 2.39. The van der Waals surface area contributed by atoms with E-state index in [1.165, 1.54) is 36.0 Å². The summed E-state index contributed by atoms with van der Waals surface area (Å²) in [6, 6.07) is 5.09. The third-order valence-corrected chi connectivity index (χ3v) is 7.53. The number of carbonyl (C=O) groups is 4. The van der Waals surface area contributed by atoms with E-state index in [1.807, 2.05) is 0 Å². The highest BCUT2D eigenvalue weighted by molar-refractivity contribution is 8.01. The minimum atomic E-state index is -1.51. The number of aliphatic hydroxyl groups excluding tert-OH is 1. The lowest BCUT2D eigenvalue weighted by Gasteiger charge is -2.49. The second kappa shape index (κ2) is 9.97. The highest BCUT2D eigenvalue weighted by Crippen LogP contribution is 2.41. The van der Waals surface area contributed by atoms with E-state index in [2.05, 4.69) is 20.5 Å². The van der Waals surface area contributed by atoms with Crippen LogP contribution < -0.4 is 11.1 Å². The van der Waals surface area contributed by atoms with Gasteiger partial charge >= 0.3 is 11.9 Å². The number of amides is 2. The minimum absolute atomic E-state index is 0.169. The number of anilines is 1. The van der Waals surface area contributed by atoms with E-state index in [0.29, 0.717) is 16.8 Å². The summed E-state index contributed by atoms with van der Waals surface area (Å²) in [6.07, 6.45) is -1.84. The second-order valence-corrected chi connectivity index (χ2v) is 9.69. The lowest BCUT2D eigenvalue weighted by Crippen LogP contribution is -2.70. The van der Waals surface area contributed by atoms with Gasteiger partial charge in [0.1, 0.15) is 29.4 Å². The summed E-state index contributed by atoms with van der Waals surface area (Å²) in [7, 11) is 0. The van der Waals surface area contributed by atoms with Gasteiger partial charge in [-0.25, -0.2) is 9.78 Å². The number of hydrogen-bond donors (Lipinski definition) is 6. The number of carboxylic acid groups (broad SMARTS) is 2. The number of aliphatic hydroxyl groups is 1. The van der Waals surface area contributed by atoms with Crippen LogP contribution in [0.5, 0.6) is 0 Å². The van der Waals surface area contributed by atoms with E-state index < -0.39 is 41.3 Å². The minimum Gasteiger partial charge on any atom is -0.481 e. The number of aromatic nitrogens is 3. The van der Waals surface area contributed by atoms with Crippen LogP contribution in [0.3, 0.4) is 0 Å². The average molecular weight is 521 g/mol. The molecule has 0 spiro atoms. The number of thioether (sulfide) groups is 2. The Morgan fingerprint density at radius 2 is 2.00 bits per heavy atom. The molecule has 2 aliphatic heterocycles. The number of carboxylic acids is 2. The molecule has 0 radical (unpaired) electrons. The molecule has 1 saturated heterocycles. The molecule has 13 nitrogen and oxygen atoms in total. The van der Waals surface area contributed by atoms with Crippen molar-refractivity contribution in [3.05, 3.63) is 46.9 Å². The van der Waals surface area contributed by atoms with Crippen LogP contribution >= 0.6 is 23.5 Å². The molecule has 0 aliphatic carbocycles. The van der Waals surface area contributed by atoms with Gasteiger partial charge in [-0.1, -0.05) is 23.9 Å². The van der Waals surface area contributed by atoms with Crippen LogP contribution in [0.25, 0.3) is 0 Å². The number of benzene rings is 1. The zero-order chi connectivity index (χ0) is 25.3. The number of nitrogens with zero attached hydrogens (tertiary/aromatic N) is 3. The SMILES string of the molecule is Nc1ccc(C(O)C(=O)NC2C(=O)N3C(C(=O)O)=C(CSc4n[nH]c(CC(=O)O)n4)CS[C@H]23)cc1. The van der Waals surface area contributed by atoms with Crippen LogP contribution in [-0.2, 0) is 25.6 Å². The number of fused-ring (bicyclic) bond motifs is 1. The van der Waals surface area contributed by atoms with Gasteiger partial charge in [0, 0.05) is 17.2 Å². The molecule has 184 valence electrons. The number of rotatable bonds is 9. The van der Waals surface area contributed by atoms with Gasteiger partial charge in [0.2, 0.25) is 5.16 Å². The molecular formula is C20H20N6O7S2. The fourth-order valence-corrected chi connectivity index (χ4v) is 5.87. The Labute approximate surface area is 206 Å². The molecule has 2 aromatic rings. The quantitative estimate of drug-likeness (QED) is 0.141. The second-order valence-electron chi connectivity index (χ2n) is 7.65. The predicted molar refractivity (Wildman–Crippen MR) is 124 cm³/mol. The molecule has 15 heteroatoms. The van der Waals surface area contributed by atoms with Gasteiger partial charge in [-0.05, 0) is 23.3 Å². The smallest absolute Gasteiger partial charge is 0.352 e. The molecule has 2 aliphatic rings. The first-order valence-electron chi connectivity index (χ1n) is 10.2. The first kappa shape index (κ1) is 24.6. The number of H-pyrrole nitrogens is 1. The van der Waals surface area contributed by atoms with Gasteiger partial charge in [-0.3, -0.25) is 24.4 Å². The number of nitrogen functional groups attached to an aromatic ring is 1. The molecule has 1 aromatic heterocycles. The number of carbonyl (C=O) groups excluding carboxylic acids is 2. The molecule has 7 N–H and O–H groups in total. The van der Waals surface area contributed by atoms with Crippen molar-refractivity contribution in [3.8, 4) is 0 Å². The fraction of sp³-hybridized carbons (Fsp3) is 0.300. The molecule has 35 heavy (non-hydrogen) atoms. The van der Waals surface area contributed by atoms with E-state index in [-0.39, 0.29) is 34.6 Å². The Morgan fingerprint density at radius 1 is 1.29 bits per heavy atom. The normalized spacial score (nSPS) is 20.1. The molecule has 3 atom stereocenters. The Bertz CT molecular complexity index is 1210. The Hall–Kier alpha value is -3.56. The molecule has 4 rings (SSSR count). The highest BCUT2D eigenvalue weighted by Gasteiger charge is 2.54. The van der Waals surface area contributed by atoms with E-state index in [0.717, 1.165) is 16.7 Å². The molecule has 2 unspecified atom stereocenters. The summed E-state index contributed by atoms with van der Waals surface area (Å²) in [5, 5.41) is 37.4. The maximum atomic E-state index is 12.8. The van der Waals surface area contributed by atoms with Crippen molar-refractivity contribution in [1.82, 2.24) is 25.4 Å². The van der Waals surface area contributed by atoms with Gasteiger partial charge in [-0.15, -0.1) is 16.9 Å². The van der Waals surface area contributed by atoms with Crippen LogP contribution in [0.1, 0.15) is 17.5 Å². The van der Waals surface area contributed by atoms with E-state index >= 15 is 0 Å². The number of hydrogen-bond acceptors (Lipinski definition) is 10. The van der Waals surface area contributed by atoms with E-state index in [4.69, 9.17) is 10.8 Å². The number of aromatic amines is 1. The summed E-state index contributed by atoms with van der Waals surface area (Å²) in [5.74, 6) is -3.11. The molecule has 0 bridgehead atoms. The molecule has 1 aromatic carbocycles. The van der Waals surface area contributed by atoms with Gasteiger partial charge in [0.05, 0.1) is 0 Å². The summed E-state index contributed by atoms with van der Waals surface area (Å²) < 4.78 is 0. The van der Waals surface area contributed by atoms with Crippen LogP contribution in [0.2, 0.25) is 0 Å². The van der Waals surface area contributed by atoms with Crippen molar-refractivity contribution >= 4 is 53.0 Å². The Morgan fingerprint density at radius 3 is 2.66 bits per heavy atom. The fourth-order valence-electron chi connectivity index (χ4n) is 3.57. The summed E-state index contributed by atoms with van der Waals surface area (Å²) in [4.78, 5) is 53.2. The van der Waals surface area contributed by atoms with Crippen LogP contribution in [0.4, 0.5) is 5.69 Å². The first-order chi connectivity index (χ1) is 16.7. The standard InChI is InChI=1S/C20H20N6O7S2/c21-10-3-1-8(2-4-10)15(29)16(30)23-13-17(31)26-14(19(32)33)9(6-34-18(13)26)7-35-20-22-11(24-25-20)5-12(27)28/h1-4,13,15,18,29H,5-7,21H2,(H,23,30)(H,27,28)(H,32,33)(H,22,24,25)/t13?,15?,18-/m1/s1. The van der Waals surface area contributed by atoms with Crippen molar-refractivity contribution in [1.29, 1.82) is 0 Å². The van der Waals surface area contributed by atoms with Gasteiger partial charge in [0.15, 0.2) is 6.10 Å². The van der Waals surface area contributed by atoms with Crippen LogP contribution in [-0.4, -0.2) is 82.1 Å². The zero-order valence-corrected chi connectivity index (χ0v) is 19.5. The molecule has 3 heterocycles. The third-order valence-electron chi connectivity index (χ3n) is 5.25. The van der Waals surface area contributed by atoms with Crippen molar-refractivity contribution in [2.75, 3.05) is 17.2 Å². The van der Waals surface area contributed by atoms with E-state index in [1.54, 1.807) is 0 Å². The highest BCUT2D eigenvalue weighted by atomic mass is 32.2. The topological polar surface area (TPSA) is 212 Å². The van der Waals surface area contributed by atoms with Crippen molar-refractivity contribution in [2.45, 2.75) is 29.1 Å². The number of nitrogens with one attached hydrogen (secondary N) is 2. The maximum absolute atomic E-state index is 12.8. The number of nitrogens with two attached hydrogens (primary N) is 1. The third kappa shape index (κ3) is 5.11. The van der Waals surface area contributed by atoms with Gasteiger partial charge in [0.25, 0.3) is 11.8 Å². The molecule has 0 saturated carbocycles. The monoisotopic (exact) mass is 520 g/mol. The molecule has 1 fully saturated rings. The van der Waals surface area contributed by atoms with Gasteiger partial charge in [-0.2, -0.15) is 0 Å². The Balaban J connectivity index is 1.42. The Kier molecular flexibility index (Phi) is 7.00. The van der Waals surface area contributed by atoms with Crippen molar-refractivity contribution < 1.29 is 34.5 Å². The van der Waals surface area contributed by atoms with Crippen molar-refractivity contribution in [2.24, 2.45) is 0 Å². The zero-order valence-electron chi connectivity index (χ0n) is 17.9. The number of β-lactam (4-membered cyclic amide) rings is 1. The predicted octanol–water partition coefficient (Wildman–Crippen LogP) is -0.422. The molecular weight excluding hydrogens is 500 g/mol. The first-order valence-corrected chi connectivity index (χ1v) is 12.2. The van der Waals surface area contributed by atoms with Gasteiger partial charge < -0.3 is 26.4 Å². The van der Waals surface area contributed by atoms with Crippen LogP contribution in [0, 0.1) is 0 Å². The lowest BCUT2D eigenvalue weighted by atomic mass is 10.0. The largest absolute Gasteiger partial charge is 0.481 e. The summed E-state index contributed by atoms with van der Waals surface area (Å²) in [6.45, 7) is 0.